The summed E-state index contributed by atoms with van der Waals surface area (Å²) in [5.41, 5.74) is 6.34. The van der Waals surface area contributed by atoms with Crippen molar-refractivity contribution in [3.63, 3.8) is 0 Å². The summed E-state index contributed by atoms with van der Waals surface area (Å²) >= 11 is 7.07. The molecular formula is C16H18Br2N2O. The molecule has 3 nitrogen and oxygen atoms in total. The number of nitrogens with one attached hydrogen (secondary N) is 1. The molecular weight excluding hydrogens is 396 g/mol. The van der Waals surface area contributed by atoms with Crippen LogP contribution in [0, 0.1) is 6.92 Å². The number of nitrogens with two attached hydrogens (primary N) is 1. The monoisotopic (exact) mass is 412 g/mol. The summed E-state index contributed by atoms with van der Waals surface area (Å²) < 4.78 is 7.54. The molecule has 0 aliphatic rings. The van der Waals surface area contributed by atoms with Crippen LogP contribution in [0.15, 0.2) is 45.3 Å². The van der Waals surface area contributed by atoms with Gasteiger partial charge in [0, 0.05) is 8.95 Å². The zero-order chi connectivity index (χ0) is 15.4. The summed E-state index contributed by atoms with van der Waals surface area (Å²) in [7, 11) is 1.68. The number of rotatable bonds is 5. The lowest BCUT2D eigenvalue weighted by molar-refractivity contribution is 0.405. The lowest BCUT2D eigenvalue weighted by Crippen LogP contribution is -2.29. The number of ether oxygens (including phenoxy) is 1. The fraction of sp³-hybridized carbons (Fsp3) is 0.250. The molecule has 1 unspecified atom stereocenters. The van der Waals surface area contributed by atoms with E-state index in [0.29, 0.717) is 0 Å². The molecule has 21 heavy (non-hydrogen) atoms. The van der Waals surface area contributed by atoms with Crippen LogP contribution in [0.25, 0.3) is 0 Å². The van der Waals surface area contributed by atoms with Crippen molar-refractivity contribution in [2.24, 2.45) is 5.84 Å². The summed E-state index contributed by atoms with van der Waals surface area (Å²) in [6.07, 6.45) is 0.745. The minimum absolute atomic E-state index is 0.0186. The van der Waals surface area contributed by atoms with Crippen LogP contribution in [0.5, 0.6) is 5.75 Å². The molecule has 0 spiro atoms. The molecule has 0 saturated heterocycles. The van der Waals surface area contributed by atoms with E-state index in [0.717, 1.165) is 32.2 Å². The molecule has 5 heteroatoms. The molecule has 0 amide bonds. The molecule has 0 fully saturated rings. The third-order valence-electron chi connectivity index (χ3n) is 3.47. The van der Waals surface area contributed by atoms with Crippen molar-refractivity contribution in [3.8, 4) is 5.75 Å². The van der Waals surface area contributed by atoms with Crippen LogP contribution in [0.1, 0.15) is 22.7 Å². The van der Waals surface area contributed by atoms with E-state index in [1.807, 2.05) is 12.1 Å². The number of benzene rings is 2. The van der Waals surface area contributed by atoms with E-state index in [1.165, 1.54) is 5.56 Å². The lowest BCUT2D eigenvalue weighted by Gasteiger charge is -2.19. The van der Waals surface area contributed by atoms with Gasteiger partial charge in [0.25, 0.3) is 0 Å². The van der Waals surface area contributed by atoms with Crippen molar-refractivity contribution < 1.29 is 4.74 Å². The molecule has 0 aliphatic heterocycles. The molecule has 2 aromatic carbocycles. The molecule has 0 saturated carbocycles. The lowest BCUT2D eigenvalue weighted by atomic mass is 9.98. The summed E-state index contributed by atoms with van der Waals surface area (Å²) in [4.78, 5) is 0. The molecule has 0 radical (unpaired) electrons. The van der Waals surface area contributed by atoms with Gasteiger partial charge in [-0.2, -0.15) is 0 Å². The number of halogens is 2. The Labute approximate surface area is 142 Å². The Morgan fingerprint density at radius 3 is 2.57 bits per heavy atom. The first-order valence-corrected chi connectivity index (χ1v) is 8.18. The zero-order valence-electron chi connectivity index (χ0n) is 12.0. The van der Waals surface area contributed by atoms with E-state index in [-0.39, 0.29) is 6.04 Å². The predicted octanol–water partition coefficient (Wildman–Crippen LogP) is 4.28. The zero-order valence-corrected chi connectivity index (χ0v) is 15.2. The molecule has 0 heterocycles. The van der Waals surface area contributed by atoms with Crippen molar-refractivity contribution in [1.82, 2.24) is 5.43 Å². The molecule has 0 aliphatic carbocycles. The van der Waals surface area contributed by atoms with Crippen LogP contribution in [-0.4, -0.2) is 7.11 Å². The Balaban J connectivity index is 2.30. The molecule has 1 atom stereocenters. The van der Waals surface area contributed by atoms with Gasteiger partial charge in [-0.15, -0.1) is 0 Å². The highest BCUT2D eigenvalue weighted by Gasteiger charge is 2.14. The van der Waals surface area contributed by atoms with Gasteiger partial charge in [0.1, 0.15) is 5.75 Å². The van der Waals surface area contributed by atoms with Gasteiger partial charge in [-0.25, -0.2) is 0 Å². The molecule has 3 N–H and O–H groups in total. The Morgan fingerprint density at radius 2 is 1.95 bits per heavy atom. The molecule has 0 bridgehead atoms. The largest absolute Gasteiger partial charge is 0.496 e. The van der Waals surface area contributed by atoms with E-state index in [1.54, 1.807) is 7.11 Å². The minimum Gasteiger partial charge on any atom is -0.496 e. The first-order chi connectivity index (χ1) is 10.0. The summed E-state index contributed by atoms with van der Waals surface area (Å²) in [6, 6.07) is 12.3. The van der Waals surface area contributed by atoms with E-state index < -0.39 is 0 Å². The number of hydrazine groups is 1. The summed E-state index contributed by atoms with van der Waals surface area (Å²) in [5, 5.41) is 0. The van der Waals surface area contributed by atoms with Gasteiger partial charge in [0.05, 0.1) is 13.2 Å². The van der Waals surface area contributed by atoms with Crippen LogP contribution in [-0.2, 0) is 6.42 Å². The SMILES string of the molecule is COc1ccc(Br)cc1CC(NN)c1ccc(C)c(Br)c1. The second-order valence-corrected chi connectivity index (χ2v) is 6.66. The van der Waals surface area contributed by atoms with Gasteiger partial charge >= 0.3 is 0 Å². The van der Waals surface area contributed by atoms with Gasteiger partial charge in [-0.3, -0.25) is 11.3 Å². The second kappa shape index (κ2) is 7.40. The Bertz CT molecular complexity index is 632. The third kappa shape index (κ3) is 4.07. The number of aryl methyl sites for hydroxylation is 1. The smallest absolute Gasteiger partial charge is 0.122 e. The summed E-state index contributed by atoms with van der Waals surface area (Å²) in [6.45, 7) is 2.07. The van der Waals surface area contributed by atoms with Gasteiger partial charge < -0.3 is 4.74 Å². The van der Waals surface area contributed by atoms with E-state index in [9.17, 15) is 0 Å². The number of methoxy groups -OCH3 is 1. The fourth-order valence-corrected chi connectivity index (χ4v) is 3.03. The quantitative estimate of drug-likeness (QED) is 0.568. The highest BCUT2D eigenvalue weighted by atomic mass is 79.9. The van der Waals surface area contributed by atoms with Crippen molar-refractivity contribution in [1.29, 1.82) is 0 Å². The van der Waals surface area contributed by atoms with Crippen LogP contribution < -0.4 is 16.0 Å². The first-order valence-electron chi connectivity index (χ1n) is 6.59. The third-order valence-corrected chi connectivity index (χ3v) is 4.81. The number of hydrogen-bond acceptors (Lipinski definition) is 3. The predicted molar refractivity (Wildman–Crippen MR) is 93.3 cm³/mol. The van der Waals surface area contributed by atoms with Crippen molar-refractivity contribution in [2.75, 3.05) is 7.11 Å². The highest BCUT2D eigenvalue weighted by molar-refractivity contribution is 9.10. The van der Waals surface area contributed by atoms with Crippen molar-refractivity contribution in [2.45, 2.75) is 19.4 Å². The molecule has 112 valence electrons. The Kier molecular flexibility index (Phi) is 5.81. The first kappa shape index (κ1) is 16.5. The average Bonchev–Trinajstić information content (AvgIpc) is 2.48. The molecule has 2 aromatic rings. The average molecular weight is 414 g/mol. The van der Waals surface area contributed by atoms with Crippen LogP contribution >= 0.6 is 31.9 Å². The van der Waals surface area contributed by atoms with Crippen LogP contribution in [0.4, 0.5) is 0 Å². The maximum atomic E-state index is 5.75. The summed E-state index contributed by atoms with van der Waals surface area (Å²) in [5.74, 6) is 6.62. The molecule has 2 rings (SSSR count). The van der Waals surface area contributed by atoms with Gasteiger partial charge in [-0.1, -0.05) is 44.0 Å². The van der Waals surface area contributed by atoms with Crippen LogP contribution in [0.3, 0.4) is 0 Å². The van der Waals surface area contributed by atoms with Gasteiger partial charge in [-0.05, 0) is 54.3 Å². The number of hydrogen-bond donors (Lipinski definition) is 2. The van der Waals surface area contributed by atoms with Gasteiger partial charge in [0.15, 0.2) is 0 Å². The fourth-order valence-electron chi connectivity index (χ4n) is 2.23. The second-order valence-electron chi connectivity index (χ2n) is 4.89. The maximum absolute atomic E-state index is 5.75. The van der Waals surface area contributed by atoms with Gasteiger partial charge in [0.2, 0.25) is 0 Å². The van der Waals surface area contributed by atoms with E-state index in [2.05, 4.69) is 68.5 Å². The van der Waals surface area contributed by atoms with Crippen molar-refractivity contribution >= 4 is 31.9 Å². The topological polar surface area (TPSA) is 47.3 Å². The normalized spacial score (nSPS) is 12.2. The standard InChI is InChI=1S/C16H18Br2N2O/c1-10-3-4-11(8-14(10)18)15(20-19)9-12-7-13(17)5-6-16(12)21-2/h3-8,15,20H,9,19H2,1-2H3. The van der Waals surface area contributed by atoms with E-state index in [4.69, 9.17) is 10.6 Å². The highest BCUT2D eigenvalue weighted by Crippen LogP contribution is 2.29. The van der Waals surface area contributed by atoms with Crippen molar-refractivity contribution in [3.05, 3.63) is 62.0 Å². The van der Waals surface area contributed by atoms with Crippen LogP contribution in [0.2, 0.25) is 0 Å². The maximum Gasteiger partial charge on any atom is 0.122 e. The minimum atomic E-state index is 0.0186. The Hall–Kier alpha value is -0.880. The Morgan fingerprint density at radius 1 is 1.19 bits per heavy atom. The molecule has 0 aromatic heterocycles. The van der Waals surface area contributed by atoms with E-state index >= 15 is 0 Å².